The molecule has 21 heavy (non-hydrogen) atoms. The van der Waals surface area contributed by atoms with Gasteiger partial charge in [0.05, 0.1) is 11.7 Å². The van der Waals surface area contributed by atoms with Crippen LogP contribution in [0, 0.1) is 0 Å². The van der Waals surface area contributed by atoms with Crippen molar-refractivity contribution in [3.05, 3.63) is 26.0 Å². The minimum absolute atomic E-state index is 0.0258. The molecule has 116 valence electrons. The summed E-state index contributed by atoms with van der Waals surface area (Å²) < 4.78 is 5.22. The number of hydrogen-bond acceptors (Lipinski definition) is 5. The molecule has 7 nitrogen and oxygen atoms in total. The van der Waals surface area contributed by atoms with Gasteiger partial charge in [-0.15, -0.1) is 0 Å². The summed E-state index contributed by atoms with van der Waals surface area (Å²) in [4.78, 5) is 45.6. The van der Waals surface area contributed by atoms with Crippen molar-refractivity contribution in [2.45, 2.75) is 52.2 Å². The molecule has 7 heteroatoms. The molecule has 0 aliphatic rings. The third-order valence-electron chi connectivity index (χ3n) is 2.83. The van der Waals surface area contributed by atoms with Gasteiger partial charge in [0.25, 0.3) is 5.43 Å². The normalized spacial score (nSPS) is 12.4. The molecule has 0 aromatic heterocycles. The van der Waals surface area contributed by atoms with Crippen LogP contribution in [0.4, 0.5) is 0 Å². The standard InChI is InChI=1S/C14H19NO6/c1-4-5-10(16)15-9(14(19)20)6-8-11(17)12(18)13(8)21-7(2)3/h7,9H,4-6H2,1-3H3,(H,15,16)(H,19,20). The molecule has 1 atom stereocenters. The average Bonchev–Trinajstić information content (AvgIpc) is 2.40. The first kappa shape index (κ1) is 16.9. The van der Waals surface area contributed by atoms with E-state index in [1.807, 2.05) is 0 Å². The zero-order valence-electron chi connectivity index (χ0n) is 12.3. The highest BCUT2D eigenvalue weighted by Crippen LogP contribution is 2.15. The molecule has 0 fully saturated rings. The van der Waals surface area contributed by atoms with Gasteiger partial charge in [0.15, 0.2) is 5.75 Å². The Balaban J connectivity index is 2.88. The number of carboxylic acid groups (broad SMARTS) is 1. The molecular formula is C14H19NO6. The first-order valence-corrected chi connectivity index (χ1v) is 6.78. The Morgan fingerprint density at radius 1 is 1.24 bits per heavy atom. The van der Waals surface area contributed by atoms with E-state index in [0.29, 0.717) is 6.42 Å². The second-order valence-corrected chi connectivity index (χ2v) is 5.04. The Morgan fingerprint density at radius 2 is 1.86 bits per heavy atom. The van der Waals surface area contributed by atoms with Crippen LogP contribution in [0.25, 0.3) is 0 Å². The van der Waals surface area contributed by atoms with Crippen molar-refractivity contribution in [2.24, 2.45) is 0 Å². The second kappa shape index (κ2) is 7.01. The van der Waals surface area contributed by atoms with Crippen molar-refractivity contribution in [3.8, 4) is 5.75 Å². The van der Waals surface area contributed by atoms with E-state index in [1.165, 1.54) is 0 Å². The molecule has 0 saturated heterocycles. The number of carboxylic acids is 1. The van der Waals surface area contributed by atoms with E-state index in [-0.39, 0.29) is 30.3 Å². The van der Waals surface area contributed by atoms with Gasteiger partial charge >= 0.3 is 5.97 Å². The minimum Gasteiger partial charge on any atom is -0.486 e. The van der Waals surface area contributed by atoms with Crippen LogP contribution in [0.1, 0.15) is 39.2 Å². The summed E-state index contributed by atoms with van der Waals surface area (Å²) >= 11 is 0. The fourth-order valence-electron chi connectivity index (χ4n) is 1.86. The van der Waals surface area contributed by atoms with Gasteiger partial charge in [-0.2, -0.15) is 0 Å². The number of carbonyl (C=O) groups is 2. The lowest BCUT2D eigenvalue weighted by Crippen LogP contribution is -2.46. The Kier molecular flexibility index (Phi) is 5.63. The van der Waals surface area contributed by atoms with Crippen molar-refractivity contribution >= 4 is 11.9 Å². The monoisotopic (exact) mass is 297 g/mol. The number of hydrogen-bond donors (Lipinski definition) is 2. The van der Waals surface area contributed by atoms with Crippen LogP contribution in [0.3, 0.4) is 0 Å². The van der Waals surface area contributed by atoms with Gasteiger partial charge in [-0.05, 0) is 20.3 Å². The summed E-state index contributed by atoms with van der Waals surface area (Å²) in [5.41, 5.74) is -1.47. The first-order valence-electron chi connectivity index (χ1n) is 6.78. The Morgan fingerprint density at radius 3 is 2.33 bits per heavy atom. The zero-order chi connectivity index (χ0) is 16.2. The van der Waals surface area contributed by atoms with Crippen LogP contribution in [-0.2, 0) is 16.0 Å². The van der Waals surface area contributed by atoms with Gasteiger partial charge in [0, 0.05) is 12.8 Å². The number of carbonyl (C=O) groups excluding carboxylic acids is 1. The Bertz CT molecular complexity index is 597. The van der Waals surface area contributed by atoms with Crippen molar-refractivity contribution < 1.29 is 19.4 Å². The van der Waals surface area contributed by atoms with E-state index in [2.05, 4.69) is 5.32 Å². The molecule has 0 spiro atoms. The topological polar surface area (TPSA) is 110 Å². The van der Waals surface area contributed by atoms with Crippen molar-refractivity contribution in [3.63, 3.8) is 0 Å². The highest BCUT2D eigenvalue weighted by atomic mass is 16.5. The maximum absolute atomic E-state index is 11.5. The van der Waals surface area contributed by atoms with E-state index in [9.17, 15) is 19.2 Å². The number of rotatable bonds is 8. The summed E-state index contributed by atoms with van der Waals surface area (Å²) in [6.07, 6.45) is 0.229. The van der Waals surface area contributed by atoms with Gasteiger partial charge in [-0.3, -0.25) is 14.4 Å². The lowest BCUT2D eigenvalue weighted by molar-refractivity contribution is -0.141. The van der Waals surface area contributed by atoms with Crippen molar-refractivity contribution in [2.75, 3.05) is 0 Å². The van der Waals surface area contributed by atoms with Gasteiger partial charge in [-0.25, -0.2) is 4.79 Å². The molecule has 1 unspecified atom stereocenters. The van der Waals surface area contributed by atoms with Crippen LogP contribution in [0.2, 0.25) is 0 Å². The number of nitrogens with one attached hydrogen (secondary N) is 1. The van der Waals surface area contributed by atoms with E-state index < -0.39 is 28.8 Å². The molecule has 0 heterocycles. The predicted molar refractivity (Wildman–Crippen MR) is 75.3 cm³/mol. The number of aliphatic carboxylic acids is 1. The van der Waals surface area contributed by atoms with Gasteiger partial charge < -0.3 is 15.2 Å². The predicted octanol–water partition coefficient (Wildman–Crippen LogP) is -0.0182. The summed E-state index contributed by atoms with van der Waals surface area (Å²) in [6, 6.07) is -1.25. The molecule has 1 amide bonds. The average molecular weight is 297 g/mol. The zero-order valence-corrected chi connectivity index (χ0v) is 12.3. The lowest BCUT2D eigenvalue weighted by Gasteiger charge is -2.18. The minimum atomic E-state index is -1.26. The molecule has 0 radical (unpaired) electrons. The highest BCUT2D eigenvalue weighted by molar-refractivity contribution is 5.83. The van der Waals surface area contributed by atoms with Gasteiger partial charge in [0.2, 0.25) is 11.3 Å². The van der Waals surface area contributed by atoms with Crippen LogP contribution in [0.15, 0.2) is 9.59 Å². The summed E-state index contributed by atoms with van der Waals surface area (Å²) in [5, 5.41) is 11.4. The van der Waals surface area contributed by atoms with Crippen molar-refractivity contribution in [1.82, 2.24) is 5.32 Å². The van der Waals surface area contributed by atoms with Gasteiger partial charge in [-0.1, -0.05) is 6.92 Å². The quantitative estimate of drug-likeness (QED) is 0.653. The molecule has 1 rings (SSSR count). The van der Waals surface area contributed by atoms with Crippen LogP contribution < -0.4 is 20.9 Å². The smallest absolute Gasteiger partial charge is 0.326 e. The molecular weight excluding hydrogens is 278 g/mol. The summed E-state index contributed by atoms with van der Waals surface area (Å²) in [6.45, 7) is 5.18. The van der Waals surface area contributed by atoms with Gasteiger partial charge in [0.1, 0.15) is 6.04 Å². The van der Waals surface area contributed by atoms with E-state index in [1.54, 1.807) is 20.8 Å². The van der Waals surface area contributed by atoms with E-state index >= 15 is 0 Å². The highest BCUT2D eigenvalue weighted by Gasteiger charge is 2.29. The lowest BCUT2D eigenvalue weighted by atomic mass is 10.00. The first-order chi connectivity index (χ1) is 9.77. The Hall–Kier alpha value is -2.18. The Labute approximate surface area is 121 Å². The molecule has 0 bridgehead atoms. The maximum Gasteiger partial charge on any atom is 0.326 e. The molecule has 1 aromatic rings. The fraction of sp³-hybridized carbons (Fsp3) is 0.571. The van der Waals surface area contributed by atoms with E-state index in [4.69, 9.17) is 9.84 Å². The molecule has 0 aliphatic heterocycles. The summed E-state index contributed by atoms with van der Waals surface area (Å²) in [5.74, 6) is -1.76. The SMILES string of the molecule is CCCC(=O)NC(Cc1c(OC(C)C)c(=O)c1=O)C(=O)O. The summed E-state index contributed by atoms with van der Waals surface area (Å²) in [7, 11) is 0. The maximum atomic E-state index is 11.5. The molecule has 0 aliphatic carbocycles. The number of ether oxygens (including phenoxy) is 1. The second-order valence-electron chi connectivity index (χ2n) is 5.04. The van der Waals surface area contributed by atoms with Crippen molar-refractivity contribution in [1.29, 1.82) is 0 Å². The third kappa shape index (κ3) is 4.14. The van der Waals surface area contributed by atoms with Crippen LogP contribution >= 0.6 is 0 Å². The third-order valence-corrected chi connectivity index (χ3v) is 2.83. The fourth-order valence-corrected chi connectivity index (χ4v) is 1.86. The van der Waals surface area contributed by atoms with Crippen LogP contribution in [-0.4, -0.2) is 29.1 Å². The molecule has 1 aromatic carbocycles. The largest absolute Gasteiger partial charge is 0.486 e. The molecule has 0 saturated carbocycles. The van der Waals surface area contributed by atoms with Crippen LogP contribution in [0.5, 0.6) is 5.75 Å². The number of amides is 1. The van der Waals surface area contributed by atoms with E-state index in [0.717, 1.165) is 0 Å². The molecule has 2 N–H and O–H groups in total.